The predicted molar refractivity (Wildman–Crippen MR) is 274 cm³/mol. The quantitative estimate of drug-likeness (QED) is 0.0200. The monoisotopic (exact) mass is 881 g/mol. The molecule has 0 spiro atoms. The molecule has 0 radical (unpaired) electrons. The smallest absolute Gasteiger partial charge is 0.306 e. The Kier molecular flexibility index (Phi) is 47.2. The average Bonchev–Trinajstić information content (AvgIpc) is 3.29. The zero-order valence-electron chi connectivity index (χ0n) is 40.5. The highest BCUT2D eigenvalue weighted by atomic mass is 16.6. The number of esters is 3. The second kappa shape index (κ2) is 50.9. The summed E-state index contributed by atoms with van der Waals surface area (Å²) < 4.78 is 16.7. The lowest BCUT2D eigenvalue weighted by Gasteiger charge is -2.18. The summed E-state index contributed by atoms with van der Waals surface area (Å²) in [6.45, 7) is 6.23. The third kappa shape index (κ3) is 48.3. The zero-order valence-corrected chi connectivity index (χ0v) is 40.5. The number of allylic oxidation sites excluding steroid dienone is 24. The molecule has 0 aliphatic heterocycles. The van der Waals surface area contributed by atoms with Crippen molar-refractivity contribution in [2.75, 3.05) is 13.2 Å². The van der Waals surface area contributed by atoms with E-state index in [0.717, 1.165) is 96.3 Å². The van der Waals surface area contributed by atoms with E-state index in [1.807, 2.05) is 60.8 Å². The van der Waals surface area contributed by atoms with Crippen LogP contribution in [-0.4, -0.2) is 37.2 Å². The van der Waals surface area contributed by atoms with E-state index in [-0.39, 0.29) is 44.0 Å². The van der Waals surface area contributed by atoms with Crippen LogP contribution in [0, 0.1) is 0 Å². The fourth-order valence-corrected chi connectivity index (χ4v) is 6.03. The molecule has 0 heterocycles. The van der Waals surface area contributed by atoms with Gasteiger partial charge in [0.05, 0.1) is 0 Å². The molecule has 0 saturated carbocycles. The van der Waals surface area contributed by atoms with Gasteiger partial charge in [-0.25, -0.2) is 0 Å². The van der Waals surface area contributed by atoms with Crippen molar-refractivity contribution in [1.29, 1.82) is 0 Å². The summed E-state index contributed by atoms with van der Waals surface area (Å²) in [6, 6.07) is 0. The van der Waals surface area contributed by atoms with Gasteiger partial charge in [0.2, 0.25) is 0 Å². The molecule has 6 heteroatoms. The number of hydrogen-bond donors (Lipinski definition) is 0. The van der Waals surface area contributed by atoms with Gasteiger partial charge in [-0.05, 0) is 103 Å². The standard InChI is InChI=1S/C58H88O6/c1-4-7-10-13-16-19-22-25-27-29-31-33-36-39-42-45-48-51-57(60)63-54-55(53-62-56(59)50-47-44-41-38-35-24-21-18-15-12-9-6-3)64-58(61)52-49-46-43-40-37-34-32-30-28-26-23-20-17-14-11-8-5-2/h7-8,10-11,13,16-22,25-29,31-34,36,40,43,55H,4-6,9,12,14-15,23-24,30,35,37-39,41-42,44-54H2,1-3H3/b10-7-,11-8-,16-13-,20-17-,21-18-,22-19-,27-25-,28-26-,31-29+,34-32-,36-33-,43-40-. The van der Waals surface area contributed by atoms with E-state index in [2.05, 4.69) is 106 Å². The summed E-state index contributed by atoms with van der Waals surface area (Å²) in [7, 11) is 0. The third-order valence-corrected chi connectivity index (χ3v) is 9.72. The van der Waals surface area contributed by atoms with E-state index in [1.165, 1.54) is 32.1 Å². The fraction of sp³-hybridized carbons (Fsp3) is 0.534. The minimum atomic E-state index is -0.835. The van der Waals surface area contributed by atoms with Gasteiger partial charge in [-0.15, -0.1) is 0 Å². The minimum absolute atomic E-state index is 0.126. The lowest BCUT2D eigenvalue weighted by Crippen LogP contribution is -2.30. The van der Waals surface area contributed by atoms with Crippen LogP contribution in [0.4, 0.5) is 0 Å². The SMILES string of the molecule is CC\C=C/C=C\C=C/C=C\C=C\C=C/CCCCCC(=O)OCC(COC(=O)CCCCCCC/C=C\CCCCC)OC(=O)CCC/C=C\C/C=C\C/C=C\C/C=C\C/C=C\CC. The lowest BCUT2D eigenvalue weighted by atomic mass is 10.1. The Labute approximate surface area is 391 Å². The zero-order chi connectivity index (χ0) is 46.5. The molecule has 0 N–H and O–H groups in total. The lowest BCUT2D eigenvalue weighted by molar-refractivity contribution is -0.167. The summed E-state index contributed by atoms with van der Waals surface area (Å²) >= 11 is 0. The maximum Gasteiger partial charge on any atom is 0.306 e. The Hall–Kier alpha value is -4.71. The Morgan fingerprint density at radius 1 is 0.344 bits per heavy atom. The van der Waals surface area contributed by atoms with Crippen LogP contribution in [0.1, 0.15) is 181 Å². The topological polar surface area (TPSA) is 78.9 Å². The molecule has 0 saturated heterocycles. The second-order valence-electron chi connectivity index (χ2n) is 15.8. The maximum absolute atomic E-state index is 12.8. The molecule has 0 bridgehead atoms. The van der Waals surface area contributed by atoms with Crippen LogP contribution >= 0.6 is 0 Å². The minimum Gasteiger partial charge on any atom is -0.462 e. The average molecular weight is 881 g/mol. The first-order valence-corrected chi connectivity index (χ1v) is 24.9. The molecule has 0 amide bonds. The highest BCUT2D eigenvalue weighted by molar-refractivity contribution is 5.71. The highest BCUT2D eigenvalue weighted by Gasteiger charge is 2.19. The van der Waals surface area contributed by atoms with Gasteiger partial charge in [0.1, 0.15) is 13.2 Å². The number of ether oxygens (including phenoxy) is 3. The molecule has 0 aliphatic carbocycles. The second-order valence-corrected chi connectivity index (χ2v) is 15.8. The van der Waals surface area contributed by atoms with Gasteiger partial charge in [0.15, 0.2) is 6.10 Å². The van der Waals surface area contributed by atoms with Crippen molar-refractivity contribution in [3.8, 4) is 0 Å². The normalized spacial score (nSPS) is 13.4. The van der Waals surface area contributed by atoms with E-state index in [0.29, 0.717) is 19.3 Å². The van der Waals surface area contributed by atoms with Crippen LogP contribution < -0.4 is 0 Å². The maximum atomic E-state index is 12.8. The first-order valence-electron chi connectivity index (χ1n) is 24.9. The summed E-state index contributed by atoms with van der Waals surface area (Å²) in [5, 5.41) is 0. The number of carbonyl (C=O) groups excluding carboxylic acids is 3. The van der Waals surface area contributed by atoms with Gasteiger partial charge in [0, 0.05) is 19.3 Å². The van der Waals surface area contributed by atoms with Crippen molar-refractivity contribution in [1.82, 2.24) is 0 Å². The first-order chi connectivity index (χ1) is 31.5. The Morgan fingerprint density at radius 3 is 1.22 bits per heavy atom. The van der Waals surface area contributed by atoms with E-state index >= 15 is 0 Å². The van der Waals surface area contributed by atoms with Gasteiger partial charge < -0.3 is 14.2 Å². The Bertz CT molecular complexity index is 1480. The molecule has 1 atom stereocenters. The van der Waals surface area contributed by atoms with Crippen LogP contribution in [0.5, 0.6) is 0 Å². The molecule has 0 fully saturated rings. The van der Waals surface area contributed by atoms with Crippen molar-refractivity contribution >= 4 is 17.9 Å². The van der Waals surface area contributed by atoms with E-state index < -0.39 is 6.10 Å². The van der Waals surface area contributed by atoms with Crippen LogP contribution in [0.2, 0.25) is 0 Å². The van der Waals surface area contributed by atoms with E-state index in [9.17, 15) is 14.4 Å². The van der Waals surface area contributed by atoms with Gasteiger partial charge in [-0.2, -0.15) is 0 Å². The molecular weight excluding hydrogens is 793 g/mol. The highest BCUT2D eigenvalue weighted by Crippen LogP contribution is 2.11. The summed E-state index contributed by atoms with van der Waals surface area (Å²) in [6.07, 6.45) is 72.6. The summed E-state index contributed by atoms with van der Waals surface area (Å²) in [5.41, 5.74) is 0. The Morgan fingerprint density at radius 2 is 0.703 bits per heavy atom. The largest absolute Gasteiger partial charge is 0.462 e. The Balaban J connectivity index is 4.62. The molecule has 0 aromatic carbocycles. The fourth-order valence-electron chi connectivity index (χ4n) is 6.03. The molecule has 0 aromatic heterocycles. The molecule has 356 valence electrons. The molecule has 6 nitrogen and oxygen atoms in total. The van der Waals surface area contributed by atoms with Gasteiger partial charge in [0.25, 0.3) is 0 Å². The van der Waals surface area contributed by atoms with Crippen LogP contribution in [0.25, 0.3) is 0 Å². The van der Waals surface area contributed by atoms with Crippen molar-refractivity contribution in [3.05, 3.63) is 146 Å². The van der Waals surface area contributed by atoms with Crippen molar-refractivity contribution in [3.63, 3.8) is 0 Å². The van der Waals surface area contributed by atoms with Crippen LogP contribution in [-0.2, 0) is 28.6 Å². The third-order valence-electron chi connectivity index (χ3n) is 9.72. The molecule has 64 heavy (non-hydrogen) atoms. The molecule has 0 aromatic rings. The van der Waals surface area contributed by atoms with Crippen molar-refractivity contribution in [2.24, 2.45) is 0 Å². The van der Waals surface area contributed by atoms with Gasteiger partial charge in [-0.1, -0.05) is 205 Å². The summed E-state index contributed by atoms with van der Waals surface area (Å²) in [4.78, 5) is 37.9. The van der Waals surface area contributed by atoms with E-state index in [4.69, 9.17) is 14.2 Å². The number of unbranched alkanes of at least 4 members (excludes halogenated alkanes) is 12. The molecule has 1 unspecified atom stereocenters. The number of hydrogen-bond acceptors (Lipinski definition) is 6. The van der Waals surface area contributed by atoms with Crippen molar-refractivity contribution < 1.29 is 28.6 Å². The van der Waals surface area contributed by atoms with Gasteiger partial charge >= 0.3 is 17.9 Å². The predicted octanol–water partition coefficient (Wildman–Crippen LogP) is 16.5. The first kappa shape index (κ1) is 59.3. The van der Waals surface area contributed by atoms with Crippen molar-refractivity contribution in [2.45, 2.75) is 187 Å². The molecule has 0 aliphatic rings. The number of rotatable bonds is 42. The number of carbonyl (C=O) groups is 3. The molecular formula is C58H88O6. The molecule has 0 rings (SSSR count). The van der Waals surface area contributed by atoms with Gasteiger partial charge in [-0.3, -0.25) is 14.4 Å². The summed E-state index contributed by atoms with van der Waals surface area (Å²) in [5.74, 6) is -1.05. The van der Waals surface area contributed by atoms with E-state index in [1.54, 1.807) is 0 Å². The van der Waals surface area contributed by atoms with Crippen LogP contribution in [0.3, 0.4) is 0 Å². The van der Waals surface area contributed by atoms with Crippen LogP contribution in [0.15, 0.2) is 146 Å².